The first-order chi connectivity index (χ1) is 11.6. The van der Waals surface area contributed by atoms with Crippen LogP contribution in [-0.2, 0) is 11.3 Å². The van der Waals surface area contributed by atoms with Crippen molar-refractivity contribution in [3.05, 3.63) is 23.8 Å². The summed E-state index contributed by atoms with van der Waals surface area (Å²) in [6, 6.07) is 5.99. The third-order valence-electron chi connectivity index (χ3n) is 4.89. The monoisotopic (exact) mass is 334 g/mol. The van der Waals surface area contributed by atoms with Crippen molar-refractivity contribution in [3.63, 3.8) is 0 Å². The van der Waals surface area contributed by atoms with E-state index in [0.29, 0.717) is 5.91 Å². The maximum absolute atomic E-state index is 12.5. The van der Waals surface area contributed by atoms with E-state index in [2.05, 4.69) is 11.0 Å². The highest BCUT2D eigenvalue weighted by Gasteiger charge is 2.27. The number of carbonyl (C=O) groups is 1. The van der Waals surface area contributed by atoms with Crippen molar-refractivity contribution in [2.24, 2.45) is 5.92 Å². The predicted molar refractivity (Wildman–Crippen MR) is 95.5 cm³/mol. The van der Waals surface area contributed by atoms with Gasteiger partial charge >= 0.3 is 0 Å². The van der Waals surface area contributed by atoms with Gasteiger partial charge in [0, 0.05) is 31.1 Å². The Balaban J connectivity index is 1.95. The molecule has 5 heteroatoms. The Morgan fingerprint density at radius 2 is 1.83 bits per heavy atom. The number of benzene rings is 1. The van der Waals surface area contributed by atoms with Crippen LogP contribution in [0, 0.1) is 5.92 Å². The molecule has 0 N–H and O–H groups in total. The Kier molecular flexibility index (Phi) is 6.91. The fourth-order valence-electron chi connectivity index (χ4n) is 3.45. The summed E-state index contributed by atoms with van der Waals surface area (Å²) in [6.07, 6.45) is 1.86. The van der Waals surface area contributed by atoms with E-state index in [-0.39, 0.29) is 5.92 Å². The van der Waals surface area contributed by atoms with Crippen molar-refractivity contribution in [3.8, 4) is 11.5 Å². The zero-order valence-electron chi connectivity index (χ0n) is 15.4. The molecule has 24 heavy (non-hydrogen) atoms. The second-order valence-corrected chi connectivity index (χ2v) is 6.21. The molecule has 0 spiro atoms. The Bertz CT molecular complexity index is 535. The number of nitrogens with zero attached hydrogens (tertiary/aromatic N) is 2. The number of hydrogen-bond acceptors (Lipinski definition) is 4. The van der Waals surface area contributed by atoms with Crippen LogP contribution < -0.4 is 9.47 Å². The highest BCUT2D eigenvalue weighted by molar-refractivity contribution is 5.78. The van der Waals surface area contributed by atoms with Gasteiger partial charge in [0.15, 0.2) is 11.5 Å². The summed E-state index contributed by atoms with van der Waals surface area (Å²) >= 11 is 0. The molecular weight excluding hydrogens is 304 g/mol. The van der Waals surface area contributed by atoms with Crippen molar-refractivity contribution < 1.29 is 14.3 Å². The lowest BCUT2D eigenvalue weighted by atomic mass is 9.95. The van der Waals surface area contributed by atoms with E-state index in [4.69, 9.17) is 9.47 Å². The van der Waals surface area contributed by atoms with Gasteiger partial charge in [0.25, 0.3) is 0 Å². The number of hydrogen-bond donors (Lipinski definition) is 0. The van der Waals surface area contributed by atoms with Gasteiger partial charge in [-0.1, -0.05) is 12.1 Å². The average molecular weight is 334 g/mol. The van der Waals surface area contributed by atoms with E-state index in [0.717, 1.165) is 62.6 Å². The van der Waals surface area contributed by atoms with Crippen LogP contribution in [0.4, 0.5) is 0 Å². The highest BCUT2D eigenvalue weighted by Crippen LogP contribution is 2.32. The average Bonchev–Trinajstić information content (AvgIpc) is 2.63. The molecular formula is C19H30N2O3. The van der Waals surface area contributed by atoms with Crippen LogP contribution in [-0.4, -0.2) is 56.1 Å². The third kappa shape index (κ3) is 4.20. The molecule has 0 radical (unpaired) electrons. The lowest BCUT2D eigenvalue weighted by Gasteiger charge is -2.34. The molecule has 1 aromatic carbocycles. The predicted octanol–water partition coefficient (Wildman–Crippen LogP) is 2.78. The van der Waals surface area contributed by atoms with Crippen LogP contribution in [0.3, 0.4) is 0 Å². The number of methoxy groups -OCH3 is 2. The maximum atomic E-state index is 12.5. The van der Waals surface area contributed by atoms with Crippen molar-refractivity contribution in [2.45, 2.75) is 33.2 Å². The van der Waals surface area contributed by atoms with E-state index in [1.165, 1.54) is 0 Å². The number of carbonyl (C=O) groups excluding carboxylic acids is 1. The molecule has 0 atom stereocenters. The van der Waals surface area contributed by atoms with Gasteiger partial charge in [-0.2, -0.15) is 0 Å². The van der Waals surface area contributed by atoms with Crippen LogP contribution in [0.25, 0.3) is 0 Å². The van der Waals surface area contributed by atoms with Gasteiger partial charge in [-0.25, -0.2) is 0 Å². The van der Waals surface area contributed by atoms with Gasteiger partial charge in [-0.05, 0) is 45.8 Å². The van der Waals surface area contributed by atoms with Crippen LogP contribution in [0.5, 0.6) is 11.5 Å². The molecule has 1 aliphatic heterocycles. The standard InChI is InChI=1S/C19H30N2O3/c1-5-21(6-2)19(22)15-10-12-20(13-11-15)14-16-8-7-9-17(23-3)18(16)24-4/h7-9,15H,5-6,10-14H2,1-4H3. The molecule has 0 saturated carbocycles. The molecule has 1 aliphatic rings. The third-order valence-corrected chi connectivity index (χ3v) is 4.89. The zero-order valence-corrected chi connectivity index (χ0v) is 15.4. The minimum atomic E-state index is 0.174. The van der Waals surface area contributed by atoms with Crippen molar-refractivity contribution in [1.82, 2.24) is 9.80 Å². The number of piperidine rings is 1. The summed E-state index contributed by atoms with van der Waals surface area (Å²) in [5.74, 6) is 2.06. The number of likely N-dealkylation sites (tertiary alicyclic amines) is 1. The molecule has 0 unspecified atom stereocenters. The second-order valence-electron chi connectivity index (χ2n) is 6.21. The van der Waals surface area contributed by atoms with Crippen molar-refractivity contribution in [2.75, 3.05) is 40.4 Å². The van der Waals surface area contributed by atoms with Gasteiger partial charge in [-0.15, -0.1) is 0 Å². The van der Waals surface area contributed by atoms with Gasteiger partial charge < -0.3 is 14.4 Å². The van der Waals surface area contributed by atoms with Gasteiger partial charge in [-0.3, -0.25) is 9.69 Å². The van der Waals surface area contributed by atoms with Gasteiger partial charge in [0.1, 0.15) is 0 Å². The maximum Gasteiger partial charge on any atom is 0.225 e. The van der Waals surface area contributed by atoms with Gasteiger partial charge in [0.05, 0.1) is 14.2 Å². The van der Waals surface area contributed by atoms with Crippen LogP contribution in [0.15, 0.2) is 18.2 Å². The summed E-state index contributed by atoms with van der Waals surface area (Å²) in [5, 5.41) is 0. The minimum Gasteiger partial charge on any atom is -0.493 e. The number of amides is 1. The summed E-state index contributed by atoms with van der Waals surface area (Å²) in [6.45, 7) is 8.41. The molecule has 1 fully saturated rings. The van der Waals surface area contributed by atoms with E-state index >= 15 is 0 Å². The largest absolute Gasteiger partial charge is 0.493 e. The topological polar surface area (TPSA) is 42.0 Å². The smallest absolute Gasteiger partial charge is 0.225 e. The molecule has 5 nitrogen and oxygen atoms in total. The lowest BCUT2D eigenvalue weighted by molar-refractivity contribution is -0.136. The Morgan fingerprint density at radius 1 is 1.17 bits per heavy atom. The first kappa shape index (κ1) is 18.6. The minimum absolute atomic E-state index is 0.174. The fraction of sp³-hybridized carbons (Fsp3) is 0.632. The first-order valence-electron chi connectivity index (χ1n) is 8.85. The van der Waals surface area contributed by atoms with E-state index in [1.54, 1.807) is 14.2 Å². The fourth-order valence-corrected chi connectivity index (χ4v) is 3.45. The molecule has 1 amide bonds. The zero-order chi connectivity index (χ0) is 17.5. The van der Waals surface area contributed by atoms with Crippen LogP contribution >= 0.6 is 0 Å². The normalized spacial score (nSPS) is 16.0. The quantitative estimate of drug-likeness (QED) is 0.769. The number of para-hydroxylation sites is 1. The van der Waals surface area contributed by atoms with E-state index < -0.39 is 0 Å². The summed E-state index contributed by atoms with van der Waals surface area (Å²) in [7, 11) is 3.34. The van der Waals surface area contributed by atoms with Crippen molar-refractivity contribution in [1.29, 1.82) is 0 Å². The second kappa shape index (κ2) is 8.92. The molecule has 134 valence electrons. The van der Waals surface area contributed by atoms with Crippen molar-refractivity contribution >= 4 is 5.91 Å². The first-order valence-corrected chi connectivity index (χ1v) is 8.85. The Morgan fingerprint density at radius 3 is 2.38 bits per heavy atom. The molecule has 1 saturated heterocycles. The molecule has 0 aliphatic carbocycles. The summed E-state index contributed by atoms with van der Waals surface area (Å²) < 4.78 is 10.9. The SMILES string of the molecule is CCN(CC)C(=O)C1CCN(Cc2cccc(OC)c2OC)CC1. The van der Waals surface area contributed by atoms with Gasteiger partial charge in [0.2, 0.25) is 5.91 Å². The van der Waals surface area contributed by atoms with E-state index in [1.807, 2.05) is 30.9 Å². The molecule has 1 aromatic rings. The van der Waals surface area contributed by atoms with Crippen LogP contribution in [0.2, 0.25) is 0 Å². The van der Waals surface area contributed by atoms with E-state index in [9.17, 15) is 4.79 Å². The molecule has 0 aromatic heterocycles. The Hall–Kier alpha value is -1.75. The number of rotatable bonds is 7. The number of ether oxygens (including phenoxy) is 2. The summed E-state index contributed by atoms with van der Waals surface area (Å²) in [4.78, 5) is 16.8. The Labute approximate surface area is 145 Å². The highest BCUT2D eigenvalue weighted by atomic mass is 16.5. The van der Waals surface area contributed by atoms with Crippen LogP contribution in [0.1, 0.15) is 32.3 Å². The summed E-state index contributed by atoms with van der Waals surface area (Å²) in [5.41, 5.74) is 1.13. The molecule has 0 bridgehead atoms. The molecule has 1 heterocycles. The lowest BCUT2D eigenvalue weighted by Crippen LogP contribution is -2.42. The molecule has 2 rings (SSSR count).